The van der Waals surface area contributed by atoms with Crippen molar-refractivity contribution in [2.24, 2.45) is 5.92 Å². The molecule has 0 saturated carbocycles. The number of para-hydroxylation sites is 2. The van der Waals surface area contributed by atoms with Gasteiger partial charge in [0.2, 0.25) is 0 Å². The van der Waals surface area contributed by atoms with E-state index in [0.29, 0.717) is 54.2 Å². The van der Waals surface area contributed by atoms with Gasteiger partial charge in [-0.15, -0.1) is 0 Å². The van der Waals surface area contributed by atoms with Crippen LogP contribution in [0.25, 0.3) is 6.08 Å². The molecule has 0 spiro atoms. The molecule has 0 aliphatic rings. The summed E-state index contributed by atoms with van der Waals surface area (Å²) in [4.78, 5) is 12.6. The van der Waals surface area contributed by atoms with E-state index in [2.05, 4.69) is 19.2 Å². The Hall–Kier alpha value is -3.46. The number of nitrogens with zero attached hydrogens (tertiary/aromatic N) is 1. The Balaban J connectivity index is 2.25. The maximum absolute atomic E-state index is 12.6. The quantitative estimate of drug-likeness (QED) is 0.439. The van der Waals surface area contributed by atoms with E-state index in [-0.39, 0.29) is 5.57 Å². The third-order valence-corrected chi connectivity index (χ3v) is 3.95. The van der Waals surface area contributed by atoms with Gasteiger partial charge in [0, 0.05) is 0 Å². The van der Waals surface area contributed by atoms with Crippen LogP contribution in [-0.4, -0.2) is 25.7 Å². The lowest BCUT2D eigenvalue weighted by Gasteiger charge is -2.14. The summed E-state index contributed by atoms with van der Waals surface area (Å²) in [6.45, 7) is 9.41. The van der Waals surface area contributed by atoms with Gasteiger partial charge in [0.15, 0.2) is 11.5 Å². The maximum Gasteiger partial charge on any atom is 0.266 e. The zero-order chi connectivity index (χ0) is 21.9. The fourth-order valence-corrected chi connectivity index (χ4v) is 2.61. The Bertz CT molecular complexity index is 929. The Morgan fingerprint density at radius 3 is 2.40 bits per heavy atom. The van der Waals surface area contributed by atoms with Crippen LogP contribution in [0.2, 0.25) is 0 Å². The van der Waals surface area contributed by atoms with Gasteiger partial charge in [-0.1, -0.05) is 32.0 Å². The Labute approximate surface area is 178 Å². The van der Waals surface area contributed by atoms with Crippen molar-refractivity contribution >= 4 is 17.7 Å². The van der Waals surface area contributed by atoms with Crippen molar-refractivity contribution in [2.75, 3.05) is 25.1 Å². The van der Waals surface area contributed by atoms with Gasteiger partial charge < -0.3 is 19.5 Å². The second-order valence-corrected chi connectivity index (χ2v) is 6.90. The molecule has 0 unspecified atom stereocenters. The van der Waals surface area contributed by atoms with E-state index in [0.717, 1.165) is 0 Å². The minimum atomic E-state index is -0.511. The molecule has 1 amide bonds. The summed E-state index contributed by atoms with van der Waals surface area (Å²) >= 11 is 0. The predicted molar refractivity (Wildman–Crippen MR) is 118 cm³/mol. The van der Waals surface area contributed by atoms with Crippen molar-refractivity contribution in [3.05, 3.63) is 53.6 Å². The van der Waals surface area contributed by atoms with Gasteiger partial charge in [0.25, 0.3) is 5.91 Å². The highest BCUT2D eigenvalue weighted by molar-refractivity contribution is 6.10. The summed E-state index contributed by atoms with van der Waals surface area (Å²) in [5.41, 5.74) is 1.15. The van der Waals surface area contributed by atoms with E-state index in [4.69, 9.17) is 14.2 Å². The molecule has 0 radical (unpaired) electrons. The zero-order valence-electron chi connectivity index (χ0n) is 17.9. The SMILES string of the molecule is CCOc1ccccc1NC(=O)/C(C#N)=C/c1ccc(OCC(C)C)c(OCC)c1. The number of nitrogens with one attached hydrogen (secondary N) is 1. The molecular formula is C24H28N2O4. The Morgan fingerprint density at radius 2 is 1.73 bits per heavy atom. The first-order valence-corrected chi connectivity index (χ1v) is 10.0. The first-order valence-electron chi connectivity index (χ1n) is 10.0. The lowest BCUT2D eigenvalue weighted by atomic mass is 10.1. The van der Waals surface area contributed by atoms with Crippen LogP contribution in [0.4, 0.5) is 5.69 Å². The molecule has 30 heavy (non-hydrogen) atoms. The normalized spacial score (nSPS) is 11.0. The van der Waals surface area contributed by atoms with Crippen molar-refractivity contribution in [2.45, 2.75) is 27.7 Å². The predicted octanol–water partition coefficient (Wildman–Crippen LogP) is 5.06. The number of amides is 1. The largest absolute Gasteiger partial charge is 0.492 e. The lowest BCUT2D eigenvalue weighted by Crippen LogP contribution is -2.14. The van der Waals surface area contributed by atoms with Gasteiger partial charge in [-0.2, -0.15) is 5.26 Å². The monoisotopic (exact) mass is 408 g/mol. The first kappa shape index (κ1) is 22.8. The molecule has 2 rings (SSSR count). The molecule has 6 nitrogen and oxygen atoms in total. The van der Waals surface area contributed by atoms with Gasteiger partial charge in [0.1, 0.15) is 17.4 Å². The lowest BCUT2D eigenvalue weighted by molar-refractivity contribution is -0.112. The van der Waals surface area contributed by atoms with Crippen LogP contribution in [0, 0.1) is 17.2 Å². The highest BCUT2D eigenvalue weighted by atomic mass is 16.5. The molecular weight excluding hydrogens is 380 g/mol. The zero-order valence-corrected chi connectivity index (χ0v) is 17.9. The number of rotatable bonds is 10. The fraction of sp³-hybridized carbons (Fsp3) is 0.333. The van der Waals surface area contributed by atoms with E-state index < -0.39 is 5.91 Å². The summed E-state index contributed by atoms with van der Waals surface area (Å²) in [5, 5.41) is 12.3. The van der Waals surface area contributed by atoms with Gasteiger partial charge in [-0.05, 0) is 55.7 Å². The Kier molecular flexibility index (Phi) is 8.76. The van der Waals surface area contributed by atoms with Gasteiger partial charge >= 0.3 is 0 Å². The molecule has 0 aromatic heterocycles. The number of nitriles is 1. The third-order valence-electron chi connectivity index (χ3n) is 3.95. The minimum absolute atomic E-state index is 0.0281. The molecule has 0 heterocycles. The van der Waals surface area contributed by atoms with E-state index in [1.54, 1.807) is 36.4 Å². The van der Waals surface area contributed by atoms with Gasteiger partial charge in [-0.3, -0.25) is 4.79 Å². The summed E-state index contributed by atoms with van der Waals surface area (Å²) in [6.07, 6.45) is 1.52. The van der Waals surface area contributed by atoms with Crippen LogP contribution >= 0.6 is 0 Å². The average molecular weight is 408 g/mol. The Morgan fingerprint density at radius 1 is 1.03 bits per heavy atom. The van der Waals surface area contributed by atoms with Crippen molar-refractivity contribution in [3.63, 3.8) is 0 Å². The number of carbonyl (C=O) groups is 1. The summed E-state index contributed by atoms with van der Waals surface area (Å²) in [5.74, 6) is 1.63. The number of carbonyl (C=O) groups excluding carboxylic acids is 1. The third kappa shape index (κ3) is 6.56. The standard InChI is InChI=1S/C24H28N2O4/c1-5-28-21-10-8-7-9-20(21)26-24(27)19(15-25)13-18-11-12-22(30-16-17(3)4)23(14-18)29-6-2/h7-14,17H,5-6,16H2,1-4H3,(H,26,27)/b19-13+. The molecule has 2 aromatic carbocycles. The molecule has 0 aliphatic heterocycles. The topological polar surface area (TPSA) is 80.6 Å². The highest BCUT2D eigenvalue weighted by Gasteiger charge is 2.13. The fourth-order valence-electron chi connectivity index (χ4n) is 2.61. The summed E-state index contributed by atoms with van der Waals surface area (Å²) in [6, 6.07) is 14.4. The van der Waals surface area contributed by atoms with Crippen LogP contribution < -0.4 is 19.5 Å². The van der Waals surface area contributed by atoms with Crippen molar-refractivity contribution in [3.8, 4) is 23.3 Å². The van der Waals surface area contributed by atoms with Crippen molar-refractivity contribution in [1.29, 1.82) is 5.26 Å². The molecule has 0 fully saturated rings. The van der Waals surface area contributed by atoms with Crippen LogP contribution in [0.15, 0.2) is 48.0 Å². The van der Waals surface area contributed by atoms with E-state index in [9.17, 15) is 10.1 Å². The van der Waals surface area contributed by atoms with Crippen LogP contribution in [0.1, 0.15) is 33.3 Å². The molecule has 0 atom stereocenters. The van der Waals surface area contributed by atoms with Crippen LogP contribution in [0.3, 0.4) is 0 Å². The number of ether oxygens (including phenoxy) is 3. The summed E-state index contributed by atoms with van der Waals surface area (Å²) in [7, 11) is 0. The maximum atomic E-state index is 12.6. The number of benzene rings is 2. The molecule has 0 bridgehead atoms. The molecule has 2 aromatic rings. The van der Waals surface area contributed by atoms with Crippen LogP contribution in [0.5, 0.6) is 17.2 Å². The van der Waals surface area contributed by atoms with Crippen molar-refractivity contribution < 1.29 is 19.0 Å². The van der Waals surface area contributed by atoms with Gasteiger partial charge in [-0.25, -0.2) is 0 Å². The molecule has 0 saturated heterocycles. The smallest absolute Gasteiger partial charge is 0.266 e. The van der Waals surface area contributed by atoms with E-state index in [1.807, 2.05) is 26.0 Å². The second-order valence-electron chi connectivity index (χ2n) is 6.90. The van der Waals surface area contributed by atoms with Crippen LogP contribution in [-0.2, 0) is 4.79 Å². The second kappa shape index (κ2) is 11.5. The number of anilines is 1. The highest BCUT2D eigenvalue weighted by Crippen LogP contribution is 2.30. The minimum Gasteiger partial charge on any atom is -0.492 e. The summed E-state index contributed by atoms with van der Waals surface area (Å²) < 4.78 is 17.0. The van der Waals surface area contributed by atoms with E-state index >= 15 is 0 Å². The van der Waals surface area contributed by atoms with Crippen molar-refractivity contribution in [1.82, 2.24) is 0 Å². The van der Waals surface area contributed by atoms with E-state index in [1.165, 1.54) is 6.08 Å². The molecule has 6 heteroatoms. The molecule has 158 valence electrons. The average Bonchev–Trinajstić information content (AvgIpc) is 2.73. The number of hydrogen-bond donors (Lipinski definition) is 1. The molecule has 0 aliphatic carbocycles. The molecule has 1 N–H and O–H groups in total. The number of hydrogen-bond acceptors (Lipinski definition) is 5. The first-order chi connectivity index (χ1) is 14.5. The van der Waals surface area contributed by atoms with Gasteiger partial charge in [0.05, 0.1) is 25.5 Å².